The van der Waals surface area contributed by atoms with Gasteiger partial charge in [0.1, 0.15) is 0 Å². The normalized spacial score (nSPS) is 13.9. The zero-order valence-electron chi connectivity index (χ0n) is 22.4. The summed E-state index contributed by atoms with van der Waals surface area (Å²) in [7, 11) is 0. The van der Waals surface area contributed by atoms with Crippen molar-refractivity contribution in [3.05, 3.63) is 130 Å². The Bertz CT molecular complexity index is 1270. The fraction of sp³-hybridized carbons (Fsp3) is 0.324. The van der Waals surface area contributed by atoms with Crippen LogP contribution in [0.15, 0.2) is 96.3 Å². The molecular formula is C34H40. The molecule has 0 radical (unpaired) electrons. The van der Waals surface area contributed by atoms with Crippen LogP contribution < -0.4 is 0 Å². The molecule has 176 valence electrons. The van der Waals surface area contributed by atoms with E-state index in [1.54, 1.807) is 0 Å². The van der Waals surface area contributed by atoms with E-state index >= 15 is 0 Å². The Labute approximate surface area is 207 Å². The molecule has 0 heterocycles. The van der Waals surface area contributed by atoms with Crippen LogP contribution in [0.25, 0.3) is 5.57 Å². The summed E-state index contributed by atoms with van der Waals surface area (Å²) in [5, 5.41) is 0. The Balaban J connectivity index is 1.91. The Morgan fingerprint density at radius 2 is 1.44 bits per heavy atom. The first kappa shape index (κ1) is 25.5. The molecule has 3 rings (SSSR count). The third-order valence-electron chi connectivity index (χ3n) is 6.86. The topological polar surface area (TPSA) is 0 Å². The van der Waals surface area contributed by atoms with Crippen LogP contribution in [-0.2, 0) is 17.3 Å². The highest BCUT2D eigenvalue weighted by Gasteiger charge is 2.27. The van der Waals surface area contributed by atoms with E-state index in [0.29, 0.717) is 0 Å². The van der Waals surface area contributed by atoms with Crippen molar-refractivity contribution < 1.29 is 0 Å². The number of hydrogen-bond donors (Lipinski definition) is 0. The van der Waals surface area contributed by atoms with Crippen LogP contribution in [0.4, 0.5) is 0 Å². The maximum absolute atomic E-state index is 4.47. The molecular weight excluding hydrogens is 408 g/mol. The molecule has 0 saturated heterocycles. The molecule has 0 amide bonds. The Morgan fingerprint density at radius 3 is 2.00 bits per heavy atom. The van der Waals surface area contributed by atoms with Crippen LogP contribution in [-0.4, -0.2) is 0 Å². The average Bonchev–Trinajstić information content (AvgIpc) is 3.08. The van der Waals surface area contributed by atoms with Gasteiger partial charge >= 0.3 is 0 Å². The standard InChI is InChI=1S/C34H40/c1-12-28(25(5)29-16-14-13-15-22(29)2)30-18-17-26(24(30)4)20-27-21-32(34(9,10)11)31(19-23(27)3)33(6,7)8/h13-19,21H,1,4-5,20H2,2-3,6-11H3. The third-order valence-corrected chi connectivity index (χ3v) is 6.86. The molecule has 0 saturated carbocycles. The van der Waals surface area contributed by atoms with E-state index < -0.39 is 0 Å². The van der Waals surface area contributed by atoms with Gasteiger partial charge in [0.25, 0.3) is 0 Å². The average molecular weight is 449 g/mol. The molecule has 0 aliphatic heterocycles. The van der Waals surface area contributed by atoms with Crippen molar-refractivity contribution in [1.29, 1.82) is 0 Å². The molecule has 0 atom stereocenters. The van der Waals surface area contributed by atoms with E-state index in [1.807, 2.05) is 6.07 Å². The molecule has 0 aromatic heterocycles. The molecule has 0 N–H and O–H groups in total. The van der Waals surface area contributed by atoms with E-state index in [0.717, 1.165) is 34.3 Å². The fourth-order valence-electron chi connectivity index (χ4n) is 4.76. The second-order valence-electron chi connectivity index (χ2n) is 11.6. The van der Waals surface area contributed by atoms with E-state index in [1.165, 1.54) is 33.4 Å². The smallest absolute Gasteiger partial charge is 0.0309 e. The molecule has 34 heavy (non-hydrogen) atoms. The van der Waals surface area contributed by atoms with E-state index in [4.69, 9.17) is 0 Å². The van der Waals surface area contributed by atoms with Gasteiger partial charge in [0.2, 0.25) is 0 Å². The highest BCUT2D eigenvalue weighted by atomic mass is 14.3. The summed E-state index contributed by atoms with van der Waals surface area (Å²) in [6, 6.07) is 13.1. The Kier molecular flexibility index (Phi) is 6.97. The molecule has 0 spiro atoms. The predicted octanol–water partition coefficient (Wildman–Crippen LogP) is 9.29. The van der Waals surface area contributed by atoms with Gasteiger partial charge in [-0.25, -0.2) is 0 Å². The summed E-state index contributed by atoms with van der Waals surface area (Å²) in [5.41, 5.74) is 16.4. The van der Waals surface area contributed by atoms with E-state index in [2.05, 4.69) is 123 Å². The van der Waals surface area contributed by atoms with Crippen molar-refractivity contribution in [3.8, 4) is 0 Å². The highest BCUT2D eigenvalue weighted by molar-refractivity contribution is 5.87. The zero-order chi connectivity index (χ0) is 25.4. The second kappa shape index (κ2) is 9.28. The first-order chi connectivity index (χ1) is 15.8. The molecule has 0 nitrogen and oxygen atoms in total. The molecule has 0 heteroatoms. The number of benzene rings is 2. The van der Waals surface area contributed by atoms with Crippen LogP contribution >= 0.6 is 0 Å². The van der Waals surface area contributed by atoms with Crippen molar-refractivity contribution >= 4 is 5.57 Å². The van der Waals surface area contributed by atoms with Gasteiger partial charge in [-0.05, 0) is 86.8 Å². The van der Waals surface area contributed by atoms with Gasteiger partial charge in [0, 0.05) is 5.57 Å². The van der Waals surface area contributed by atoms with Crippen molar-refractivity contribution in [2.24, 2.45) is 0 Å². The molecule has 0 bridgehead atoms. The number of allylic oxidation sites excluding steroid dienone is 7. The monoisotopic (exact) mass is 448 g/mol. The fourth-order valence-corrected chi connectivity index (χ4v) is 4.76. The van der Waals surface area contributed by atoms with Gasteiger partial charge in [-0.1, -0.05) is 110 Å². The molecule has 0 fully saturated rings. The number of hydrogen-bond acceptors (Lipinski definition) is 0. The largest absolute Gasteiger partial charge is 0.119 e. The summed E-state index contributed by atoms with van der Waals surface area (Å²) in [6.45, 7) is 31.0. The van der Waals surface area contributed by atoms with Crippen LogP contribution in [0.5, 0.6) is 0 Å². The number of rotatable bonds is 5. The lowest BCUT2D eigenvalue weighted by Gasteiger charge is -2.31. The molecule has 1 aliphatic carbocycles. The van der Waals surface area contributed by atoms with Gasteiger partial charge in [-0.15, -0.1) is 5.73 Å². The van der Waals surface area contributed by atoms with E-state index in [9.17, 15) is 0 Å². The maximum Gasteiger partial charge on any atom is 0.0309 e. The van der Waals surface area contributed by atoms with Crippen LogP contribution in [0, 0.1) is 13.8 Å². The van der Waals surface area contributed by atoms with Gasteiger partial charge in [0.15, 0.2) is 0 Å². The van der Waals surface area contributed by atoms with Crippen LogP contribution in [0.2, 0.25) is 0 Å². The summed E-state index contributed by atoms with van der Waals surface area (Å²) >= 11 is 0. The van der Waals surface area contributed by atoms with E-state index in [-0.39, 0.29) is 10.8 Å². The molecule has 2 aromatic rings. The molecule has 0 unspecified atom stereocenters. The Hall–Kier alpha value is -3.08. The summed E-state index contributed by atoms with van der Waals surface area (Å²) in [5.74, 6) is 0. The molecule has 2 aromatic carbocycles. The highest BCUT2D eigenvalue weighted by Crippen LogP contribution is 2.40. The minimum atomic E-state index is 0.0829. The number of aryl methyl sites for hydroxylation is 2. The first-order valence-electron chi connectivity index (χ1n) is 12.2. The Morgan fingerprint density at radius 1 is 0.853 bits per heavy atom. The van der Waals surface area contributed by atoms with Crippen LogP contribution in [0.3, 0.4) is 0 Å². The lowest BCUT2D eigenvalue weighted by Crippen LogP contribution is -2.22. The lowest BCUT2D eigenvalue weighted by molar-refractivity contribution is 0.529. The summed E-state index contributed by atoms with van der Waals surface area (Å²) in [6.07, 6.45) is 5.21. The van der Waals surface area contributed by atoms with Crippen molar-refractivity contribution in [3.63, 3.8) is 0 Å². The maximum atomic E-state index is 4.47. The predicted molar refractivity (Wildman–Crippen MR) is 150 cm³/mol. The first-order valence-corrected chi connectivity index (χ1v) is 12.2. The minimum Gasteiger partial charge on any atom is -0.119 e. The van der Waals surface area contributed by atoms with Gasteiger partial charge < -0.3 is 0 Å². The van der Waals surface area contributed by atoms with Crippen molar-refractivity contribution in [1.82, 2.24) is 0 Å². The quantitative estimate of drug-likeness (QED) is 0.316. The van der Waals surface area contributed by atoms with Crippen LogP contribution in [0.1, 0.15) is 74.9 Å². The summed E-state index contributed by atoms with van der Waals surface area (Å²) in [4.78, 5) is 0. The van der Waals surface area contributed by atoms with Crippen molar-refractivity contribution in [2.75, 3.05) is 0 Å². The SMILES string of the molecule is C=C=C(C(=C)c1ccccc1C)C1=CC=C(Cc2cc(C(C)(C)C)c(C(C)(C)C)cc2C)C1=C. The second-order valence-corrected chi connectivity index (χ2v) is 11.6. The lowest BCUT2D eigenvalue weighted by atomic mass is 9.73. The van der Waals surface area contributed by atoms with Gasteiger partial charge in [0.05, 0.1) is 0 Å². The zero-order valence-corrected chi connectivity index (χ0v) is 22.4. The minimum absolute atomic E-state index is 0.0829. The summed E-state index contributed by atoms with van der Waals surface area (Å²) < 4.78 is 0. The van der Waals surface area contributed by atoms with Crippen molar-refractivity contribution in [2.45, 2.75) is 72.6 Å². The van der Waals surface area contributed by atoms with Gasteiger partial charge in [-0.3, -0.25) is 0 Å². The molecule has 1 aliphatic rings. The third kappa shape index (κ3) is 5.03. The van der Waals surface area contributed by atoms with Gasteiger partial charge in [-0.2, -0.15) is 0 Å².